The summed E-state index contributed by atoms with van der Waals surface area (Å²) in [6.45, 7) is 4.97. The van der Waals surface area contributed by atoms with E-state index in [0.29, 0.717) is 26.1 Å². The van der Waals surface area contributed by atoms with Crippen LogP contribution in [0, 0.1) is 5.41 Å². The maximum Gasteiger partial charge on any atom is 0.416 e. The number of nitrogens with one attached hydrogen (secondary N) is 1. The maximum atomic E-state index is 13.1. The van der Waals surface area contributed by atoms with Crippen molar-refractivity contribution >= 4 is 17.6 Å². The number of halogens is 3. The summed E-state index contributed by atoms with van der Waals surface area (Å²) in [5.74, 6) is -0.0844. The lowest BCUT2D eigenvalue weighted by atomic mass is 9.90. The van der Waals surface area contributed by atoms with Crippen LogP contribution in [0.25, 0.3) is 0 Å². The highest BCUT2D eigenvalue weighted by atomic mass is 19.4. The third-order valence-electron chi connectivity index (χ3n) is 8.12. The molecule has 37 heavy (non-hydrogen) atoms. The Morgan fingerprint density at radius 2 is 2.00 bits per heavy atom. The molecule has 1 aromatic rings. The molecule has 0 bridgehead atoms. The number of methoxy groups -OCH3 is 1. The highest BCUT2D eigenvalue weighted by Crippen LogP contribution is 2.53. The van der Waals surface area contributed by atoms with Crippen LogP contribution < -0.4 is 5.32 Å². The molecule has 1 aliphatic carbocycles. The lowest BCUT2D eigenvalue weighted by molar-refractivity contribution is -0.137. The zero-order valence-corrected chi connectivity index (χ0v) is 21.5. The summed E-state index contributed by atoms with van der Waals surface area (Å²) in [6.07, 6.45) is -0.803. The molecule has 2 saturated heterocycles. The molecule has 2 N–H and O–H groups in total. The fraction of sp³-hybridized carbons (Fsp3) is 0.692. The largest absolute Gasteiger partial charge is 0.416 e. The second kappa shape index (κ2) is 11.2. The predicted octanol–water partition coefficient (Wildman–Crippen LogP) is 3.41. The number of hydrogen-bond donors (Lipinski definition) is 2. The van der Waals surface area contributed by atoms with Gasteiger partial charge >= 0.3 is 12.2 Å². The highest BCUT2D eigenvalue weighted by Gasteiger charge is 2.51. The molecule has 206 valence electrons. The SMILES string of the molecule is COC[C@H](CCN1CCC2(CC2)[C@H](O)C1)N1C[C@@H](C)N(C(=O)Nc2cccc(C(F)(F)F)c2)CCC1=O. The van der Waals surface area contributed by atoms with Gasteiger partial charge in [0, 0.05) is 51.4 Å². The van der Waals surface area contributed by atoms with E-state index in [0.717, 1.165) is 44.5 Å². The Morgan fingerprint density at radius 3 is 2.65 bits per heavy atom. The van der Waals surface area contributed by atoms with Crippen molar-refractivity contribution in [2.75, 3.05) is 51.8 Å². The Bertz CT molecular complexity index is 971. The monoisotopic (exact) mass is 526 g/mol. The number of alkyl halides is 3. The number of ether oxygens (including phenoxy) is 1. The third-order valence-corrected chi connectivity index (χ3v) is 8.12. The molecule has 1 saturated carbocycles. The number of likely N-dealkylation sites (tertiary alicyclic amines) is 1. The molecule has 1 spiro atoms. The summed E-state index contributed by atoms with van der Waals surface area (Å²) < 4.78 is 44.6. The summed E-state index contributed by atoms with van der Waals surface area (Å²) >= 11 is 0. The van der Waals surface area contributed by atoms with Gasteiger partial charge in [0.2, 0.25) is 5.91 Å². The first kappa shape index (κ1) is 27.7. The first-order valence-corrected chi connectivity index (χ1v) is 13.0. The Morgan fingerprint density at radius 1 is 1.24 bits per heavy atom. The topological polar surface area (TPSA) is 85.3 Å². The normalized spacial score (nSPS) is 25.2. The van der Waals surface area contributed by atoms with E-state index in [4.69, 9.17) is 4.74 Å². The van der Waals surface area contributed by atoms with E-state index < -0.39 is 17.8 Å². The molecule has 11 heteroatoms. The number of anilines is 1. The number of aliphatic hydroxyl groups excluding tert-OH is 1. The molecule has 8 nitrogen and oxygen atoms in total. The number of amides is 3. The summed E-state index contributed by atoms with van der Waals surface area (Å²) in [5, 5.41) is 13.1. The average Bonchev–Trinajstić information content (AvgIpc) is 3.64. The van der Waals surface area contributed by atoms with Gasteiger partial charge in [0.25, 0.3) is 0 Å². The second-order valence-electron chi connectivity index (χ2n) is 10.7. The Balaban J connectivity index is 1.36. The first-order valence-electron chi connectivity index (χ1n) is 13.0. The smallest absolute Gasteiger partial charge is 0.391 e. The quantitative estimate of drug-likeness (QED) is 0.569. The molecule has 1 aromatic carbocycles. The van der Waals surface area contributed by atoms with Gasteiger partial charge in [-0.25, -0.2) is 4.79 Å². The van der Waals surface area contributed by atoms with Crippen molar-refractivity contribution in [1.29, 1.82) is 0 Å². The van der Waals surface area contributed by atoms with Crippen LogP contribution in [-0.2, 0) is 15.7 Å². The van der Waals surface area contributed by atoms with Gasteiger partial charge in [-0.15, -0.1) is 0 Å². The number of rotatable bonds is 7. The van der Waals surface area contributed by atoms with Crippen molar-refractivity contribution in [2.24, 2.45) is 5.41 Å². The molecule has 0 unspecified atom stereocenters. The van der Waals surface area contributed by atoms with Gasteiger partial charge in [-0.1, -0.05) is 6.07 Å². The van der Waals surface area contributed by atoms with E-state index in [-0.39, 0.29) is 48.2 Å². The van der Waals surface area contributed by atoms with Gasteiger partial charge in [-0.3, -0.25) is 4.79 Å². The molecule has 3 aliphatic rings. The Labute approximate surface area is 215 Å². The number of urea groups is 1. The number of β-amino-alcohol motifs (C(OH)–C–C–N with tert-alkyl or cyclic N) is 1. The number of carbonyl (C=O) groups excluding carboxylic acids is 2. The van der Waals surface area contributed by atoms with Crippen molar-refractivity contribution in [3.63, 3.8) is 0 Å². The van der Waals surface area contributed by atoms with Gasteiger partial charge in [0.05, 0.1) is 24.3 Å². The van der Waals surface area contributed by atoms with Gasteiger partial charge in [-0.2, -0.15) is 13.2 Å². The van der Waals surface area contributed by atoms with E-state index in [1.54, 1.807) is 12.0 Å². The van der Waals surface area contributed by atoms with Crippen LogP contribution in [0.2, 0.25) is 0 Å². The first-order chi connectivity index (χ1) is 17.5. The summed E-state index contributed by atoms with van der Waals surface area (Å²) in [6, 6.07) is 3.44. The molecule has 3 atom stereocenters. The molecule has 3 fully saturated rings. The lowest BCUT2D eigenvalue weighted by Gasteiger charge is -2.38. The van der Waals surface area contributed by atoms with Crippen LogP contribution in [0.1, 0.15) is 44.6 Å². The van der Waals surface area contributed by atoms with Crippen LogP contribution in [0.5, 0.6) is 0 Å². The zero-order valence-electron chi connectivity index (χ0n) is 21.5. The number of nitrogens with zero attached hydrogens (tertiary/aromatic N) is 3. The van der Waals surface area contributed by atoms with Crippen LogP contribution in [0.4, 0.5) is 23.7 Å². The molecular formula is C26H37F3N4O4. The summed E-state index contributed by atoms with van der Waals surface area (Å²) in [7, 11) is 1.59. The van der Waals surface area contributed by atoms with Gasteiger partial charge in [0.1, 0.15) is 0 Å². The molecule has 2 heterocycles. The minimum atomic E-state index is -4.51. The van der Waals surface area contributed by atoms with Crippen molar-refractivity contribution in [3.05, 3.63) is 29.8 Å². The summed E-state index contributed by atoms with van der Waals surface area (Å²) in [5.41, 5.74) is -0.656. The average molecular weight is 527 g/mol. The molecule has 4 rings (SSSR count). The standard InChI is InChI=1S/C26H37F3N4O4/c1-18-15-33(21(17-37-2)6-11-31-13-10-25(8-9-25)22(34)16-31)23(35)7-12-32(18)24(36)30-20-5-3-4-19(14-20)26(27,28)29/h3-5,14,18,21-22,34H,6-13,15-17H2,1-2H3,(H,30,36)/t18-,21+,22-/m1/s1. The molecular weight excluding hydrogens is 489 g/mol. The predicted molar refractivity (Wildman–Crippen MR) is 132 cm³/mol. The fourth-order valence-electron chi connectivity index (χ4n) is 5.56. The van der Waals surface area contributed by atoms with Gasteiger partial charge < -0.3 is 29.9 Å². The Kier molecular flexibility index (Phi) is 8.35. The minimum Gasteiger partial charge on any atom is -0.391 e. The van der Waals surface area contributed by atoms with Gasteiger partial charge in [-0.05, 0) is 62.8 Å². The highest BCUT2D eigenvalue weighted by molar-refractivity contribution is 5.90. The van der Waals surface area contributed by atoms with Crippen LogP contribution >= 0.6 is 0 Å². The zero-order chi connectivity index (χ0) is 26.8. The minimum absolute atomic E-state index is 0.0495. The molecule has 2 aliphatic heterocycles. The van der Waals surface area contributed by atoms with E-state index >= 15 is 0 Å². The van der Waals surface area contributed by atoms with Crippen molar-refractivity contribution in [3.8, 4) is 0 Å². The maximum absolute atomic E-state index is 13.1. The number of piperidine rings is 1. The van der Waals surface area contributed by atoms with Gasteiger partial charge in [0.15, 0.2) is 0 Å². The number of aliphatic hydroxyl groups is 1. The lowest BCUT2D eigenvalue weighted by Crippen LogP contribution is -2.50. The molecule has 0 radical (unpaired) electrons. The molecule has 0 aromatic heterocycles. The van der Waals surface area contributed by atoms with E-state index in [2.05, 4.69) is 10.2 Å². The number of hydrogen-bond acceptors (Lipinski definition) is 5. The Hall–Kier alpha value is -2.37. The van der Waals surface area contributed by atoms with Crippen molar-refractivity contribution in [1.82, 2.24) is 14.7 Å². The second-order valence-corrected chi connectivity index (χ2v) is 10.7. The number of carbonyl (C=O) groups is 2. The van der Waals surface area contributed by atoms with E-state index in [9.17, 15) is 27.9 Å². The van der Waals surface area contributed by atoms with Crippen LogP contribution in [0.3, 0.4) is 0 Å². The van der Waals surface area contributed by atoms with E-state index in [1.807, 2.05) is 6.92 Å². The van der Waals surface area contributed by atoms with Crippen molar-refractivity contribution < 1.29 is 32.6 Å². The summed E-state index contributed by atoms with van der Waals surface area (Å²) in [4.78, 5) is 31.6. The molecule has 3 amide bonds. The van der Waals surface area contributed by atoms with Crippen molar-refractivity contribution in [2.45, 2.75) is 63.4 Å². The van der Waals surface area contributed by atoms with E-state index in [1.165, 1.54) is 17.0 Å². The number of benzene rings is 1. The third kappa shape index (κ3) is 6.56. The van der Waals surface area contributed by atoms with Crippen LogP contribution in [-0.4, -0.2) is 96.4 Å². The fourth-order valence-corrected chi connectivity index (χ4v) is 5.56. The van der Waals surface area contributed by atoms with Crippen LogP contribution in [0.15, 0.2) is 24.3 Å².